The monoisotopic (exact) mass is 557 g/mol. The summed E-state index contributed by atoms with van der Waals surface area (Å²) in [5.74, 6) is -2.41. The van der Waals surface area contributed by atoms with Gasteiger partial charge in [0.25, 0.3) is 0 Å². The average Bonchev–Trinajstić information content (AvgIpc) is 2.90. The molecule has 3 rings (SSSR count). The number of sulfonamides is 1. The van der Waals surface area contributed by atoms with E-state index in [4.69, 9.17) is 0 Å². The van der Waals surface area contributed by atoms with Crippen molar-refractivity contribution in [2.75, 3.05) is 23.7 Å². The third-order valence-corrected chi connectivity index (χ3v) is 7.32. The highest BCUT2D eigenvalue weighted by molar-refractivity contribution is 7.92. The molecule has 7 nitrogen and oxygen atoms in total. The average molecular weight is 558 g/mol. The summed E-state index contributed by atoms with van der Waals surface area (Å²) < 4.78 is 54.8. The quantitative estimate of drug-likeness (QED) is 0.318. The van der Waals surface area contributed by atoms with Crippen molar-refractivity contribution in [2.45, 2.75) is 38.8 Å². The third-order valence-electron chi connectivity index (χ3n) is 6.17. The Morgan fingerprint density at radius 1 is 0.949 bits per heavy atom. The number of hydrogen-bond acceptors (Lipinski definition) is 4. The fourth-order valence-electron chi connectivity index (χ4n) is 4.12. The first-order valence-corrected chi connectivity index (χ1v) is 14.5. The largest absolute Gasteiger partial charge is 0.354 e. The Labute approximate surface area is 228 Å². The molecule has 0 radical (unpaired) electrons. The topological polar surface area (TPSA) is 86.8 Å². The maximum absolute atomic E-state index is 14.7. The molecule has 0 aliphatic rings. The number of unbranched alkanes of at least 4 members (excludes halogenated alkanes) is 1. The third kappa shape index (κ3) is 8.61. The van der Waals surface area contributed by atoms with Crippen molar-refractivity contribution in [3.8, 4) is 0 Å². The zero-order chi connectivity index (χ0) is 28.4. The number of rotatable bonds is 13. The lowest BCUT2D eigenvalue weighted by molar-refractivity contribution is -0.140. The molecule has 1 N–H and O–H groups in total. The van der Waals surface area contributed by atoms with E-state index in [1.807, 2.05) is 25.1 Å². The molecule has 1 atom stereocenters. The molecule has 1 unspecified atom stereocenters. The first kappa shape index (κ1) is 29.8. The summed E-state index contributed by atoms with van der Waals surface area (Å²) in [6.45, 7) is 1.39. The second-order valence-electron chi connectivity index (χ2n) is 9.21. The van der Waals surface area contributed by atoms with Crippen LogP contribution in [0, 0.1) is 11.6 Å². The van der Waals surface area contributed by atoms with Gasteiger partial charge in [-0.1, -0.05) is 67.9 Å². The van der Waals surface area contributed by atoms with Crippen LogP contribution in [0.5, 0.6) is 0 Å². The van der Waals surface area contributed by atoms with Crippen LogP contribution in [0.3, 0.4) is 0 Å². The van der Waals surface area contributed by atoms with Crippen LogP contribution in [-0.4, -0.2) is 50.5 Å². The van der Waals surface area contributed by atoms with E-state index in [0.717, 1.165) is 41.1 Å². The van der Waals surface area contributed by atoms with E-state index in [1.165, 1.54) is 35.2 Å². The molecule has 0 fully saturated rings. The highest BCUT2D eigenvalue weighted by Crippen LogP contribution is 2.21. The van der Waals surface area contributed by atoms with Crippen LogP contribution in [0.1, 0.15) is 30.9 Å². The van der Waals surface area contributed by atoms with E-state index in [9.17, 15) is 26.8 Å². The Bertz CT molecular complexity index is 1370. The van der Waals surface area contributed by atoms with Crippen LogP contribution >= 0.6 is 0 Å². The van der Waals surface area contributed by atoms with Crippen LogP contribution in [0.2, 0.25) is 0 Å². The Morgan fingerprint density at radius 3 is 2.28 bits per heavy atom. The normalized spacial score (nSPS) is 12.0. The van der Waals surface area contributed by atoms with E-state index in [-0.39, 0.29) is 24.2 Å². The summed E-state index contributed by atoms with van der Waals surface area (Å²) in [6.07, 6.45) is 2.61. The molecule has 0 spiro atoms. The van der Waals surface area contributed by atoms with Gasteiger partial charge in [-0.15, -0.1) is 0 Å². The summed E-state index contributed by atoms with van der Waals surface area (Å²) in [5.41, 5.74) is 0.898. The molecule has 0 aromatic heterocycles. The van der Waals surface area contributed by atoms with Crippen LogP contribution < -0.4 is 9.62 Å². The van der Waals surface area contributed by atoms with E-state index in [2.05, 4.69) is 5.32 Å². The highest BCUT2D eigenvalue weighted by atomic mass is 32.2. The van der Waals surface area contributed by atoms with E-state index in [1.54, 1.807) is 18.2 Å². The summed E-state index contributed by atoms with van der Waals surface area (Å²) in [4.78, 5) is 28.5. The standard InChI is InChI=1S/C29H33F2N3O4S/c1-3-4-17-32-29(36)27(18-22-11-6-5-7-12-22)33(20-23-13-8-9-16-26(23)31)28(35)21-34(39(2,37)38)25-15-10-14-24(30)19-25/h5-16,19,27H,3-4,17-18,20-21H2,1-2H3,(H,32,36). The van der Waals surface area contributed by atoms with E-state index < -0.39 is 46.1 Å². The number of nitrogens with zero attached hydrogens (tertiary/aromatic N) is 2. The van der Waals surface area contributed by atoms with Gasteiger partial charge in [0.05, 0.1) is 11.9 Å². The molecule has 2 amide bonds. The maximum atomic E-state index is 14.7. The Kier molecular flexibility index (Phi) is 10.6. The zero-order valence-electron chi connectivity index (χ0n) is 22.0. The first-order chi connectivity index (χ1) is 18.6. The fraction of sp³-hybridized carbons (Fsp3) is 0.310. The van der Waals surface area contributed by atoms with Gasteiger partial charge in [-0.25, -0.2) is 17.2 Å². The molecule has 0 saturated carbocycles. The van der Waals surface area contributed by atoms with E-state index in [0.29, 0.717) is 6.54 Å². The molecule has 0 saturated heterocycles. The smallest absolute Gasteiger partial charge is 0.244 e. The van der Waals surface area contributed by atoms with Gasteiger partial charge in [0.1, 0.15) is 24.2 Å². The van der Waals surface area contributed by atoms with E-state index >= 15 is 0 Å². The van der Waals surface area contributed by atoms with Gasteiger partial charge in [-0.2, -0.15) is 0 Å². The minimum Gasteiger partial charge on any atom is -0.354 e. The number of nitrogens with one attached hydrogen (secondary N) is 1. The molecule has 208 valence electrons. The molecular weight excluding hydrogens is 524 g/mol. The van der Waals surface area contributed by atoms with Crippen LogP contribution in [-0.2, 0) is 32.6 Å². The van der Waals surface area contributed by atoms with Crippen molar-refractivity contribution in [2.24, 2.45) is 0 Å². The van der Waals surface area contributed by atoms with Gasteiger partial charge in [-0.05, 0) is 36.2 Å². The van der Waals surface area contributed by atoms with Gasteiger partial charge in [0.2, 0.25) is 21.8 Å². The lowest BCUT2D eigenvalue weighted by Crippen LogP contribution is -2.53. The fourth-order valence-corrected chi connectivity index (χ4v) is 4.96. The SMILES string of the molecule is CCCCNC(=O)C(Cc1ccccc1)N(Cc1ccccc1F)C(=O)CN(c1cccc(F)c1)S(C)(=O)=O. The Balaban J connectivity index is 2.04. The second-order valence-corrected chi connectivity index (χ2v) is 11.1. The van der Waals surface area contributed by atoms with Crippen LogP contribution in [0.15, 0.2) is 78.9 Å². The van der Waals surface area contributed by atoms with Gasteiger partial charge < -0.3 is 10.2 Å². The minimum absolute atomic E-state index is 0.0382. The highest BCUT2D eigenvalue weighted by Gasteiger charge is 2.33. The molecule has 0 heterocycles. The van der Waals surface area contributed by atoms with Crippen molar-refractivity contribution in [3.05, 3.63) is 102 Å². The molecular formula is C29H33F2N3O4S. The van der Waals surface area contributed by atoms with Crippen molar-refractivity contribution in [1.82, 2.24) is 10.2 Å². The Morgan fingerprint density at radius 2 is 1.64 bits per heavy atom. The lowest BCUT2D eigenvalue weighted by atomic mass is 10.0. The summed E-state index contributed by atoms with van der Waals surface area (Å²) in [5, 5.41) is 2.85. The number of halogens is 2. The van der Waals surface area contributed by atoms with Crippen LogP contribution in [0.25, 0.3) is 0 Å². The van der Waals surface area contributed by atoms with Crippen LogP contribution in [0.4, 0.5) is 14.5 Å². The number of carbonyl (C=O) groups is 2. The predicted octanol–water partition coefficient (Wildman–Crippen LogP) is 4.29. The maximum Gasteiger partial charge on any atom is 0.244 e. The Hall–Kier alpha value is -3.79. The van der Waals surface area contributed by atoms with Crippen molar-refractivity contribution >= 4 is 27.5 Å². The van der Waals surface area contributed by atoms with Gasteiger partial charge in [-0.3, -0.25) is 13.9 Å². The number of anilines is 1. The zero-order valence-corrected chi connectivity index (χ0v) is 22.8. The molecule has 0 bridgehead atoms. The minimum atomic E-state index is -4.02. The molecule has 0 aliphatic heterocycles. The van der Waals surface area contributed by atoms with Gasteiger partial charge >= 0.3 is 0 Å². The summed E-state index contributed by atoms with van der Waals surface area (Å²) in [7, 11) is -4.02. The first-order valence-electron chi connectivity index (χ1n) is 12.7. The molecule has 3 aromatic carbocycles. The molecule has 0 aliphatic carbocycles. The van der Waals surface area contributed by atoms with Gasteiger partial charge in [0, 0.05) is 25.1 Å². The van der Waals surface area contributed by atoms with Crippen molar-refractivity contribution in [1.29, 1.82) is 0 Å². The molecule has 10 heteroatoms. The molecule has 3 aromatic rings. The number of amides is 2. The number of benzene rings is 3. The summed E-state index contributed by atoms with van der Waals surface area (Å²) >= 11 is 0. The number of hydrogen-bond donors (Lipinski definition) is 1. The van der Waals surface area contributed by atoms with Crippen molar-refractivity contribution in [3.63, 3.8) is 0 Å². The predicted molar refractivity (Wildman–Crippen MR) is 147 cm³/mol. The lowest BCUT2D eigenvalue weighted by Gasteiger charge is -2.33. The molecule has 39 heavy (non-hydrogen) atoms. The van der Waals surface area contributed by atoms with Gasteiger partial charge in [0.15, 0.2) is 0 Å². The van der Waals surface area contributed by atoms with Crippen molar-refractivity contribution < 1.29 is 26.8 Å². The second kappa shape index (κ2) is 13.8. The number of carbonyl (C=O) groups excluding carboxylic acids is 2. The summed E-state index contributed by atoms with van der Waals surface area (Å²) in [6, 6.07) is 18.8.